The van der Waals surface area contributed by atoms with Crippen LogP contribution < -0.4 is 9.47 Å². The monoisotopic (exact) mass is 531 g/mol. The van der Waals surface area contributed by atoms with Gasteiger partial charge in [0.1, 0.15) is 23.8 Å². The number of aromatic nitrogens is 1. The molecule has 39 heavy (non-hydrogen) atoms. The highest BCUT2D eigenvalue weighted by atomic mass is 16.5. The largest absolute Gasteiger partial charge is 0.497 e. The fraction of sp³-hybridized carbons (Fsp3) is 0.500. The Morgan fingerprint density at radius 1 is 0.974 bits per heavy atom. The highest BCUT2D eigenvalue weighted by Crippen LogP contribution is 2.40. The molecule has 1 saturated heterocycles. The van der Waals surface area contributed by atoms with Crippen LogP contribution >= 0.6 is 0 Å². The fourth-order valence-corrected chi connectivity index (χ4v) is 6.50. The summed E-state index contributed by atoms with van der Waals surface area (Å²) in [5.41, 5.74) is 3.52. The Hall–Kier alpha value is -3.48. The molecule has 3 aromatic rings. The van der Waals surface area contributed by atoms with Gasteiger partial charge in [0.25, 0.3) is 5.91 Å². The van der Waals surface area contributed by atoms with E-state index in [4.69, 9.17) is 9.47 Å². The van der Waals surface area contributed by atoms with Gasteiger partial charge in [-0.25, -0.2) is 0 Å². The number of piperidine rings is 1. The van der Waals surface area contributed by atoms with E-state index in [1.165, 1.54) is 5.56 Å². The predicted octanol–water partition coefficient (Wildman–Crippen LogP) is 5.37. The number of amides is 2. The Balaban J connectivity index is 1.31. The molecule has 1 fully saturated rings. The summed E-state index contributed by atoms with van der Waals surface area (Å²) < 4.78 is 13.5. The minimum absolute atomic E-state index is 0.0385. The molecule has 0 radical (unpaired) electrons. The zero-order valence-electron chi connectivity index (χ0n) is 23.8. The van der Waals surface area contributed by atoms with Crippen molar-refractivity contribution in [2.24, 2.45) is 12.5 Å². The maximum absolute atomic E-state index is 13.9. The maximum Gasteiger partial charge on any atom is 0.270 e. The number of fused-ring (bicyclic) bond motifs is 2. The molecule has 3 heterocycles. The Morgan fingerprint density at radius 3 is 2.51 bits per heavy atom. The van der Waals surface area contributed by atoms with Crippen molar-refractivity contribution in [3.05, 3.63) is 59.3 Å². The summed E-state index contributed by atoms with van der Waals surface area (Å²) in [6.07, 6.45) is 6.42. The first-order valence-corrected chi connectivity index (χ1v) is 14.2. The number of benzene rings is 2. The third-order valence-electron chi connectivity index (χ3n) is 8.93. The summed E-state index contributed by atoms with van der Waals surface area (Å²) in [6.45, 7) is 4.21. The first-order chi connectivity index (χ1) is 18.8. The first-order valence-electron chi connectivity index (χ1n) is 14.2. The van der Waals surface area contributed by atoms with E-state index in [0.717, 1.165) is 60.1 Å². The van der Waals surface area contributed by atoms with E-state index in [0.29, 0.717) is 44.8 Å². The van der Waals surface area contributed by atoms with Crippen molar-refractivity contribution in [3.8, 4) is 11.5 Å². The normalized spacial score (nSPS) is 18.6. The Kier molecular flexibility index (Phi) is 7.87. The minimum atomic E-state index is -0.423. The van der Waals surface area contributed by atoms with Crippen molar-refractivity contribution < 1.29 is 19.1 Å². The van der Waals surface area contributed by atoms with E-state index in [9.17, 15) is 9.59 Å². The molecule has 2 aromatic carbocycles. The van der Waals surface area contributed by atoms with Gasteiger partial charge < -0.3 is 23.8 Å². The van der Waals surface area contributed by atoms with Gasteiger partial charge in [-0.15, -0.1) is 0 Å². The van der Waals surface area contributed by atoms with Gasteiger partial charge in [-0.05, 0) is 74.4 Å². The lowest BCUT2D eigenvalue weighted by Gasteiger charge is -2.42. The first kappa shape index (κ1) is 27.1. The van der Waals surface area contributed by atoms with E-state index in [2.05, 4.69) is 12.1 Å². The van der Waals surface area contributed by atoms with Gasteiger partial charge in [0, 0.05) is 38.1 Å². The molecule has 208 valence electrons. The summed E-state index contributed by atoms with van der Waals surface area (Å²) >= 11 is 0. The second-order valence-electron chi connectivity index (χ2n) is 11.2. The Labute approximate surface area is 231 Å². The van der Waals surface area contributed by atoms with Gasteiger partial charge in [0.2, 0.25) is 5.91 Å². The second-order valence-corrected chi connectivity index (χ2v) is 11.2. The number of nitrogens with zero attached hydrogens (tertiary/aromatic N) is 3. The van der Waals surface area contributed by atoms with Crippen LogP contribution in [0.4, 0.5) is 0 Å². The summed E-state index contributed by atoms with van der Waals surface area (Å²) in [5, 5.41) is 1.03. The molecular formula is C32H41N3O4. The molecule has 5 rings (SSSR count). The topological polar surface area (TPSA) is 64.0 Å². The van der Waals surface area contributed by atoms with Crippen LogP contribution in [0, 0.1) is 12.3 Å². The average Bonchev–Trinajstić information content (AvgIpc) is 3.21. The average molecular weight is 532 g/mol. The van der Waals surface area contributed by atoms with Crippen LogP contribution in [0.1, 0.15) is 60.1 Å². The molecule has 0 unspecified atom stereocenters. The Morgan fingerprint density at radius 2 is 1.74 bits per heavy atom. The number of hydrogen-bond donors (Lipinski definition) is 0. The third kappa shape index (κ3) is 5.23. The summed E-state index contributed by atoms with van der Waals surface area (Å²) in [7, 11) is 5.50. The van der Waals surface area contributed by atoms with E-state index in [1.807, 2.05) is 65.7 Å². The lowest BCUT2D eigenvalue weighted by Crippen LogP contribution is -2.51. The van der Waals surface area contributed by atoms with Gasteiger partial charge in [0.05, 0.1) is 19.1 Å². The van der Waals surface area contributed by atoms with E-state index in [1.54, 1.807) is 7.11 Å². The highest BCUT2D eigenvalue weighted by Gasteiger charge is 2.43. The smallest absolute Gasteiger partial charge is 0.270 e. The van der Waals surface area contributed by atoms with Crippen LogP contribution in [-0.2, 0) is 18.3 Å². The van der Waals surface area contributed by atoms with Crippen molar-refractivity contribution in [2.45, 2.75) is 51.9 Å². The predicted molar refractivity (Wildman–Crippen MR) is 154 cm³/mol. The number of likely N-dealkylation sites (N-methyl/N-ethyl adjacent to an activating group) is 1. The molecule has 0 bridgehead atoms. The van der Waals surface area contributed by atoms with Crippen molar-refractivity contribution in [1.29, 1.82) is 0 Å². The number of ether oxygens (including phenoxy) is 2. The van der Waals surface area contributed by atoms with Crippen molar-refractivity contribution >= 4 is 22.7 Å². The van der Waals surface area contributed by atoms with Crippen LogP contribution in [0.15, 0.2) is 42.5 Å². The molecule has 1 aromatic heterocycles. The van der Waals surface area contributed by atoms with Crippen LogP contribution in [0.2, 0.25) is 0 Å². The van der Waals surface area contributed by atoms with E-state index in [-0.39, 0.29) is 11.8 Å². The van der Waals surface area contributed by atoms with Gasteiger partial charge in [0.15, 0.2) is 0 Å². The van der Waals surface area contributed by atoms with Crippen molar-refractivity contribution in [1.82, 2.24) is 14.4 Å². The molecule has 2 amide bonds. The molecule has 2 aliphatic rings. The SMILES string of the molecule is COc1ccc2c(c1)c(C)c(C(=O)N1CCC3(CCCCCc4ccccc4OCCN(C)C3=O)CC1)n2C. The lowest BCUT2D eigenvalue weighted by atomic mass is 9.73. The number of aryl methyl sites for hydroxylation is 3. The van der Waals surface area contributed by atoms with Gasteiger partial charge in [-0.1, -0.05) is 31.0 Å². The molecule has 1 spiro atoms. The minimum Gasteiger partial charge on any atom is -0.497 e. The molecule has 2 aliphatic heterocycles. The molecule has 0 atom stereocenters. The van der Waals surface area contributed by atoms with Crippen LogP contribution in [-0.4, -0.2) is 66.6 Å². The van der Waals surface area contributed by atoms with Crippen molar-refractivity contribution in [3.63, 3.8) is 0 Å². The summed E-state index contributed by atoms with van der Waals surface area (Å²) in [5.74, 6) is 1.95. The van der Waals surface area contributed by atoms with Crippen LogP contribution in [0.25, 0.3) is 10.9 Å². The number of carbonyl (C=O) groups is 2. The second kappa shape index (κ2) is 11.3. The number of carbonyl (C=O) groups excluding carboxylic acids is 2. The fourth-order valence-electron chi connectivity index (χ4n) is 6.50. The molecule has 7 heteroatoms. The number of likely N-dealkylation sites (tertiary alicyclic amines) is 1. The summed E-state index contributed by atoms with van der Waals surface area (Å²) in [6, 6.07) is 14.2. The maximum atomic E-state index is 13.9. The van der Waals surface area contributed by atoms with Gasteiger partial charge >= 0.3 is 0 Å². The van der Waals surface area contributed by atoms with Gasteiger partial charge in [-0.3, -0.25) is 9.59 Å². The molecule has 0 N–H and O–H groups in total. The zero-order valence-corrected chi connectivity index (χ0v) is 23.8. The van der Waals surface area contributed by atoms with Gasteiger partial charge in [-0.2, -0.15) is 0 Å². The molecule has 0 aliphatic carbocycles. The summed E-state index contributed by atoms with van der Waals surface area (Å²) in [4.78, 5) is 31.4. The lowest BCUT2D eigenvalue weighted by molar-refractivity contribution is -0.144. The number of hydrogen-bond acceptors (Lipinski definition) is 4. The van der Waals surface area contributed by atoms with E-state index < -0.39 is 5.41 Å². The number of methoxy groups -OCH3 is 1. The zero-order chi connectivity index (χ0) is 27.6. The van der Waals surface area contributed by atoms with Crippen molar-refractivity contribution in [2.75, 3.05) is 40.4 Å². The molecule has 0 saturated carbocycles. The quantitative estimate of drug-likeness (QED) is 0.446. The molecular weight excluding hydrogens is 490 g/mol. The van der Waals surface area contributed by atoms with E-state index >= 15 is 0 Å². The van der Waals surface area contributed by atoms with Crippen LogP contribution in [0.5, 0.6) is 11.5 Å². The van der Waals surface area contributed by atoms with Crippen LogP contribution in [0.3, 0.4) is 0 Å². The standard InChI is InChI=1S/C32H41N3O4/c1-23-26-22-25(38-4)13-14-27(26)34(3)29(23)30(36)35-18-16-32(17-19-35)15-9-5-6-10-24-11-7-8-12-28(24)39-21-20-33(2)31(32)37/h7-8,11-14,22H,5-6,9-10,15-21H2,1-4H3. The highest BCUT2D eigenvalue weighted by molar-refractivity contribution is 6.02. The molecule has 7 nitrogen and oxygen atoms in total. The third-order valence-corrected chi connectivity index (χ3v) is 8.93. The Bertz CT molecular complexity index is 1350. The number of para-hydroxylation sites is 1. The number of rotatable bonds is 2.